The minimum atomic E-state index is -0.321. The maximum Gasteiger partial charge on any atom is 0.330 e. The van der Waals surface area contributed by atoms with Crippen LogP contribution in [-0.2, 0) is 27.2 Å². The molecule has 0 amide bonds. The van der Waals surface area contributed by atoms with E-state index in [1.807, 2.05) is 0 Å². The Morgan fingerprint density at radius 1 is 1.33 bits per heavy atom. The number of aromatic nitrogens is 4. The van der Waals surface area contributed by atoms with E-state index in [-0.39, 0.29) is 11.2 Å². The molecule has 2 N–H and O–H groups in total. The molecule has 0 bridgehead atoms. The predicted molar refractivity (Wildman–Crippen MR) is 66.1 cm³/mol. The number of hydrogen-bond acceptors (Lipinski definition) is 4. The molecule has 0 aromatic carbocycles. The number of nitrogens with one attached hydrogen (secondary N) is 2. The average molecular weight is 249 g/mol. The Balaban J connectivity index is 2.10. The second-order valence-electron chi connectivity index (χ2n) is 4.12. The van der Waals surface area contributed by atoms with Gasteiger partial charge < -0.3 is 9.88 Å². The van der Waals surface area contributed by atoms with Crippen LogP contribution in [0.3, 0.4) is 0 Å². The van der Waals surface area contributed by atoms with Crippen molar-refractivity contribution >= 4 is 0 Å². The lowest BCUT2D eigenvalue weighted by molar-refractivity contribution is 0.630. The third kappa shape index (κ3) is 2.40. The van der Waals surface area contributed by atoms with Gasteiger partial charge in [-0.15, -0.1) is 0 Å². The lowest BCUT2D eigenvalue weighted by Gasteiger charge is -2.07. The third-order valence-electron chi connectivity index (χ3n) is 2.72. The molecule has 2 rings (SSSR count). The van der Waals surface area contributed by atoms with Crippen LogP contribution in [0.25, 0.3) is 0 Å². The molecule has 0 aliphatic heterocycles. The van der Waals surface area contributed by atoms with E-state index in [2.05, 4.69) is 15.5 Å². The first-order valence-corrected chi connectivity index (χ1v) is 5.53. The second-order valence-corrected chi connectivity index (χ2v) is 4.12. The molecule has 0 aliphatic carbocycles. The molecule has 0 atom stereocenters. The van der Waals surface area contributed by atoms with Gasteiger partial charge >= 0.3 is 5.69 Å². The van der Waals surface area contributed by atoms with Crippen molar-refractivity contribution in [3.05, 3.63) is 50.6 Å². The number of rotatable bonds is 4. The van der Waals surface area contributed by atoms with E-state index in [4.69, 9.17) is 0 Å². The molecule has 2 heterocycles. The van der Waals surface area contributed by atoms with Gasteiger partial charge in [0.15, 0.2) is 0 Å². The Kier molecular flexibility index (Phi) is 3.42. The summed E-state index contributed by atoms with van der Waals surface area (Å²) in [5, 5.41) is 9.67. The minimum Gasteiger partial charge on any atom is -0.308 e. The first-order chi connectivity index (χ1) is 8.59. The number of aromatic amines is 1. The zero-order chi connectivity index (χ0) is 13.1. The van der Waals surface area contributed by atoms with Crippen molar-refractivity contribution in [1.29, 1.82) is 0 Å². The Hall–Kier alpha value is -2.15. The molecule has 7 heteroatoms. The standard InChI is InChI=1S/C11H15N5O2/c1-15-7-9(10(17)16(2)11(15)18)6-12-3-8-4-13-14-5-8/h4-5,7,12H,3,6H2,1-2H3,(H,13,14). The molecule has 0 saturated heterocycles. The smallest absolute Gasteiger partial charge is 0.308 e. The lowest BCUT2D eigenvalue weighted by Crippen LogP contribution is -2.39. The van der Waals surface area contributed by atoms with Crippen LogP contribution in [-0.4, -0.2) is 19.3 Å². The van der Waals surface area contributed by atoms with Gasteiger partial charge in [0, 0.05) is 50.7 Å². The summed E-state index contributed by atoms with van der Waals surface area (Å²) in [6.45, 7) is 1.02. The third-order valence-corrected chi connectivity index (χ3v) is 2.72. The largest absolute Gasteiger partial charge is 0.330 e. The molecule has 2 aromatic rings. The van der Waals surface area contributed by atoms with Crippen LogP contribution in [0.2, 0.25) is 0 Å². The van der Waals surface area contributed by atoms with Crippen molar-refractivity contribution in [3.8, 4) is 0 Å². The molecular formula is C11H15N5O2. The van der Waals surface area contributed by atoms with Gasteiger partial charge in [-0.3, -0.25) is 14.5 Å². The van der Waals surface area contributed by atoms with Gasteiger partial charge in [0.25, 0.3) is 5.56 Å². The van der Waals surface area contributed by atoms with E-state index in [9.17, 15) is 9.59 Å². The maximum absolute atomic E-state index is 11.8. The van der Waals surface area contributed by atoms with Gasteiger partial charge in [-0.25, -0.2) is 4.79 Å². The summed E-state index contributed by atoms with van der Waals surface area (Å²) >= 11 is 0. The highest BCUT2D eigenvalue weighted by molar-refractivity contribution is 5.06. The number of nitrogens with zero attached hydrogens (tertiary/aromatic N) is 3. The van der Waals surface area contributed by atoms with E-state index >= 15 is 0 Å². The Morgan fingerprint density at radius 3 is 2.78 bits per heavy atom. The molecule has 18 heavy (non-hydrogen) atoms. The first-order valence-electron chi connectivity index (χ1n) is 5.53. The molecule has 0 aliphatic rings. The zero-order valence-electron chi connectivity index (χ0n) is 10.3. The number of H-pyrrole nitrogens is 1. The Morgan fingerprint density at radius 2 is 2.11 bits per heavy atom. The summed E-state index contributed by atoms with van der Waals surface area (Å²) in [6.07, 6.45) is 5.06. The van der Waals surface area contributed by atoms with Crippen molar-refractivity contribution in [3.63, 3.8) is 0 Å². The van der Waals surface area contributed by atoms with Crippen LogP contribution in [0.15, 0.2) is 28.2 Å². The van der Waals surface area contributed by atoms with Gasteiger partial charge in [0.05, 0.1) is 6.20 Å². The van der Waals surface area contributed by atoms with Crippen LogP contribution in [0.5, 0.6) is 0 Å². The monoisotopic (exact) mass is 249 g/mol. The highest BCUT2D eigenvalue weighted by Crippen LogP contribution is 1.94. The molecule has 0 fully saturated rings. The van der Waals surface area contributed by atoms with E-state index < -0.39 is 0 Å². The zero-order valence-corrected chi connectivity index (χ0v) is 10.3. The van der Waals surface area contributed by atoms with E-state index in [0.717, 1.165) is 10.1 Å². The van der Waals surface area contributed by atoms with Gasteiger partial charge in [-0.1, -0.05) is 0 Å². The van der Waals surface area contributed by atoms with Crippen molar-refractivity contribution in [1.82, 2.24) is 24.6 Å². The van der Waals surface area contributed by atoms with Gasteiger partial charge in [0.1, 0.15) is 0 Å². The SMILES string of the molecule is Cn1cc(CNCc2cn[nH]c2)c(=O)n(C)c1=O. The fourth-order valence-corrected chi connectivity index (χ4v) is 1.72. The molecule has 7 nitrogen and oxygen atoms in total. The minimum absolute atomic E-state index is 0.266. The molecule has 0 spiro atoms. The summed E-state index contributed by atoms with van der Waals surface area (Å²) in [7, 11) is 3.10. The molecular weight excluding hydrogens is 234 g/mol. The lowest BCUT2D eigenvalue weighted by atomic mass is 10.3. The summed E-state index contributed by atoms with van der Waals surface area (Å²) in [5.41, 5.74) is 0.983. The van der Waals surface area contributed by atoms with Crippen molar-refractivity contribution < 1.29 is 0 Å². The fourth-order valence-electron chi connectivity index (χ4n) is 1.72. The molecule has 96 valence electrons. The summed E-state index contributed by atoms with van der Waals surface area (Å²) in [5.74, 6) is 0. The predicted octanol–water partition coefficient (Wildman–Crippen LogP) is -0.903. The van der Waals surface area contributed by atoms with E-state index in [1.54, 1.807) is 25.6 Å². The van der Waals surface area contributed by atoms with Crippen LogP contribution < -0.4 is 16.6 Å². The van der Waals surface area contributed by atoms with Gasteiger partial charge in [-0.2, -0.15) is 5.10 Å². The van der Waals surface area contributed by atoms with Crippen molar-refractivity contribution in [2.24, 2.45) is 14.1 Å². The molecule has 0 radical (unpaired) electrons. The van der Waals surface area contributed by atoms with E-state index in [0.29, 0.717) is 18.7 Å². The topological polar surface area (TPSA) is 84.7 Å². The molecule has 0 saturated carbocycles. The Labute approximate surface area is 103 Å². The Bertz CT molecular complexity index is 638. The average Bonchev–Trinajstić information content (AvgIpc) is 2.86. The van der Waals surface area contributed by atoms with Gasteiger partial charge in [0.2, 0.25) is 0 Å². The highest BCUT2D eigenvalue weighted by Gasteiger charge is 2.06. The quantitative estimate of drug-likeness (QED) is 0.735. The van der Waals surface area contributed by atoms with Crippen LogP contribution in [0.4, 0.5) is 0 Å². The highest BCUT2D eigenvalue weighted by atomic mass is 16.2. The number of hydrogen-bond donors (Lipinski definition) is 2. The van der Waals surface area contributed by atoms with E-state index in [1.165, 1.54) is 11.6 Å². The normalized spacial score (nSPS) is 10.8. The summed E-state index contributed by atoms with van der Waals surface area (Å²) in [6, 6.07) is 0. The fraction of sp³-hybridized carbons (Fsp3) is 0.364. The maximum atomic E-state index is 11.8. The van der Waals surface area contributed by atoms with Crippen molar-refractivity contribution in [2.45, 2.75) is 13.1 Å². The summed E-state index contributed by atoms with van der Waals surface area (Å²) < 4.78 is 2.51. The van der Waals surface area contributed by atoms with Crippen LogP contribution >= 0.6 is 0 Å². The van der Waals surface area contributed by atoms with Gasteiger partial charge in [-0.05, 0) is 0 Å². The second kappa shape index (κ2) is 5.01. The summed E-state index contributed by atoms with van der Waals surface area (Å²) in [4.78, 5) is 23.3. The van der Waals surface area contributed by atoms with Crippen LogP contribution in [0, 0.1) is 0 Å². The molecule has 2 aromatic heterocycles. The van der Waals surface area contributed by atoms with Crippen LogP contribution in [0.1, 0.15) is 11.1 Å². The molecule has 0 unspecified atom stereocenters. The number of aryl methyl sites for hydroxylation is 1. The first kappa shape index (κ1) is 12.3. The van der Waals surface area contributed by atoms with Crippen molar-refractivity contribution in [2.75, 3.05) is 0 Å².